The molecule has 1 N–H and O–H groups in total. The second-order valence-electron chi connectivity index (χ2n) is 5.76. The molecular formula is C20H19ClF3NO2. The van der Waals surface area contributed by atoms with Gasteiger partial charge < -0.3 is 10.1 Å². The topological polar surface area (TPSA) is 38.3 Å². The number of benzene rings is 2. The summed E-state index contributed by atoms with van der Waals surface area (Å²) >= 11 is 5.57. The van der Waals surface area contributed by atoms with Crippen molar-refractivity contribution in [1.82, 2.24) is 0 Å². The maximum atomic E-state index is 12.8. The van der Waals surface area contributed by atoms with Crippen LogP contribution in [0.2, 0.25) is 5.02 Å². The fraction of sp³-hybridized carbons (Fsp3) is 0.250. The van der Waals surface area contributed by atoms with E-state index in [-0.39, 0.29) is 16.5 Å². The molecule has 0 atom stereocenters. The average molecular weight is 398 g/mol. The van der Waals surface area contributed by atoms with Gasteiger partial charge in [0.25, 0.3) is 0 Å². The fourth-order valence-corrected chi connectivity index (χ4v) is 2.42. The predicted octanol–water partition coefficient (Wildman–Crippen LogP) is 6.35. The summed E-state index contributed by atoms with van der Waals surface area (Å²) in [5.41, 5.74) is -0.314. The monoisotopic (exact) mass is 397 g/mol. The van der Waals surface area contributed by atoms with Crippen molar-refractivity contribution < 1.29 is 22.7 Å². The maximum Gasteiger partial charge on any atom is 0.417 e. The molecule has 0 aliphatic carbocycles. The zero-order valence-electron chi connectivity index (χ0n) is 14.6. The lowest BCUT2D eigenvalue weighted by Gasteiger charge is -2.10. The summed E-state index contributed by atoms with van der Waals surface area (Å²) in [5, 5.41) is 2.27. The van der Waals surface area contributed by atoms with E-state index < -0.39 is 11.7 Å². The van der Waals surface area contributed by atoms with Gasteiger partial charge in [-0.15, -0.1) is 0 Å². The standard InChI is InChI=1S/C20H19ClF3NO2/c1-2-3-12-27-16-7-4-14(5-8-16)19(26)10-11-25-15-6-9-18(21)17(13-15)20(22,23)24/h4-11,13,25H,2-3,12H2,1H3. The maximum absolute atomic E-state index is 12.8. The van der Waals surface area contributed by atoms with Crippen LogP contribution in [0.4, 0.5) is 18.9 Å². The van der Waals surface area contributed by atoms with E-state index in [1.807, 2.05) is 0 Å². The molecule has 0 bridgehead atoms. The minimum absolute atomic E-state index is 0.176. The molecule has 7 heteroatoms. The van der Waals surface area contributed by atoms with Crippen LogP contribution in [0.15, 0.2) is 54.7 Å². The lowest BCUT2D eigenvalue weighted by Crippen LogP contribution is -2.06. The first kappa shape index (κ1) is 20.8. The zero-order valence-corrected chi connectivity index (χ0v) is 15.4. The molecular weight excluding hydrogens is 379 g/mol. The number of carbonyl (C=O) groups is 1. The second-order valence-corrected chi connectivity index (χ2v) is 6.17. The molecule has 3 nitrogen and oxygen atoms in total. The number of allylic oxidation sites excluding steroid dienone is 1. The Hall–Kier alpha value is -2.47. The van der Waals surface area contributed by atoms with Gasteiger partial charge in [-0.3, -0.25) is 4.79 Å². The summed E-state index contributed by atoms with van der Waals surface area (Å²) in [4.78, 5) is 12.1. The van der Waals surface area contributed by atoms with Gasteiger partial charge in [-0.05, 0) is 48.9 Å². The first-order valence-electron chi connectivity index (χ1n) is 8.38. The van der Waals surface area contributed by atoms with Gasteiger partial charge in [-0.1, -0.05) is 24.9 Å². The van der Waals surface area contributed by atoms with Gasteiger partial charge in [0.05, 0.1) is 17.2 Å². The minimum Gasteiger partial charge on any atom is -0.494 e. The van der Waals surface area contributed by atoms with Crippen LogP contribution in [0, 0.1) is 0 Å². The smallest absolute Gasteiger partial charge is 0.417 e. The highest BCUT2D eigenvalue weighted by Crippen LogP contribution is 2.36. The third kappa shape index (κ3) is 6.32. The highest BCUT2D eigenvalue weighted by molar-refractivity contribution is 6.31. The van der Waals surface area contributed by atoms with E-state index in [4.69, 9.17) is 16.3 Å². The number of anilines is 1. The predicted molar refractivity (Wildman–Crippen MR) is 100 cm³/mol. The Morgan fingerprint density at radius 3 is 2.52 bits per heavy atom. The van der Waals surface area contributed by atoms with E-state index in [2.05, 4.69) is 12.2 Å². The molecule has 2 rings (SSSR count). The Kier molecular flexibility index (Phi) is 7.30. The average Bonchev–Trinajstić information content (AvgIpc) is 2.63. The summed E-state index contributed by atoms with van der Waals surface area (Å²) in [6.45, 7) is 2.69. The van der Waals surface area contributed by atoms with Gasteiger partial charge in [0.1, 0.15) is 5.75 Å². The molecule has 2 aromatic carbocycles. The van der Waals surface area contributed by atoms with Crippen molar-refractivity contribution in [3.05, 3.63) is 70.9 Å². The summed E-state index contributed by atoms with van der Waals surface area (Å²) < 4.78 is 44.0. The van der Waals surface area contributed by atoms with Crippen LogP contribution < -0.4 is 10.1 Å². The SMILES string of the molecule is CCCCOc1ccc(C(=O)C=CNc2ccc(Cl)c(C(F)(F)F)c2)cc1. The Labute approximate surface area is 160 Å². The molecule has 0 amide bonds. The molecule has 0 fully saturated rings. The van der Waals surface area contributed by atoms with Gasteiger partial charge in [-0.25, -0.2) is 0 Å². The lowest BCUT2D eigenvalue weighted by atomic mass is 10.1. The van der Waals surface area contributed by atoms with E-state index in [9.17, 15) is 18.0 Å². The molecule has 0 saturated heterocycles. The molecule has 144 valence electrons. The summed E-state index contributed by atoms with van der Waals surface area (Å²) in [5.74, 6) is 0.399. The van der Waals surface area contributed by atoms with Gasteiger partial charge >= 0.3 is 6.18 Å². The van der Waals surface area contributed by atoms with Crippen LogP contribution in [0.5, 0.6) is 5.75 Å². The van der Waals surface area contributed by atoms with Gasteiger partial charge in [0, 0.05) is 23.5 Å². The highest BCUT2D eigenvalue weighted by atomic mass is 35.5. The van der Waals surface area contributed by atoms with Crippen molar-refractivity contribution in [2.75, 3.05) is 11.9 Å². The number of carbonyl (C=O) groups excluding carboxylic acids is 1. The van der Waals surface area contributed by atoms with Crippen LogP contribution >= 0.6 is 11.6 Å². The zero-order chi connectivity index (χ0) is 19.9. The van der Waals surface area contributed by atoms with Crippen molar-refractivity contribution in [3.63, 3.8) is 0 Å². The Balaban J connectivity index is 1.97. The number of hydrogen-bond acceptors (Lipinski definition) is 3. The number of nitrogens with one attached hydrogen (secondary N) is 1. The third-order valence-electron chi connectivity index (χ3n) is 3.66. The Morgan fingerprint density at radius 1 is 1.19 bits per heavy atom. The van der Waals surface area contributed by atoms with E-state index in [0.29, 0.717) is 17.9 Å². The lowest BCUT2D eigenvalue weighted by molar-refractivity contribution is -0.137. The third-order valence-corrected chi connectivity index (χ3v) is 3.99. The highest BCUT2D eigenvalue weighted by Gasteiger charge is 2.33. The largest absolute Gasteiger partial charge is 0.494 e. The van der Waals surface area contributed by atoms with E-state index in [1.165, 1.54) is 18.3 Å². The molecule has 0 saturated carbocycles. The normalized spacial score (nSPS) is 11.6. The van der Waals surface area contributed by atoms with E-state index in [1.54, 1.807) is 24.3 Å². The molecule has 0 unspecified atom stereocenters. The molecule has 0 aliphatic heterocycles. The van der Waals surface area contributed by atoms with Crippen LogP contribution in [0.3, 0.4) is 0 Å². The molecule has 0 aromatic heterocycles. The Bertz CT molecular complexity index is 802. The minimum atomic E-state index is -4.55. The number of ether oxygens (including phenoxy) is 1. The van der Waals surface area contributed by atoms with Gasteiger partial charge in [-0.2, -0.15) is 13.2 Å². The second kappa shape index (κ2) is 9.46. The van der Waals surface area contributed by atoms with Crippen molar-refractivity contribution in [1.29, 1.82) is 0 Å². The summed E-state index contributed by atoms with van der Waals surface area (Å²) in [6, 6.07) is 10.1. The molecule has 0 heterocycles. The van der Waals surface area contributed by atoms with Gasteiger partial charge in [0.15, 0.2) is 5.78 Å². The van der Waals surface area contributed by atoms with Crippen LogP contribution in [0.1, 0.15) is 35.7 Å². The van der Waals surface area contributed by atoms with Crippen molar-refractivity contribution in [2.24, 2.45) is 0 Å². The number of hydrogen-bond donors (Lipinski definition) is 1. The number of rotatable bonds is 8. The molecule has 2 aromatic rings. The quantitative estimate of drug-likeness (QED) is 0.320. The molecule has 27 heavy (non-hydrogen) atoms. The molecule has 0 aliphatic rings. The molecule has 0 spiro atoms. The number of halogens is 4. The van der Waals surface area contributed by atoms with Gasteiger partial charge in [0.2, 0.25) is 0 Å². The summed E-state index contributed by atoms with van der Waals surface area (Å²) in [7, 11) is 0. The summed E-state index contributed by atoms with van der Waals surface area (Å²) in [6.07, 6.45) is -0.0241. The van der Waals surface area contributed by atoms with E-state index >= 15 is 0 Å². The molecule has 0 radical (unpaired) electrons. The van der Waals surface area contributed by atoms with Crippen molar-refractivity contribution >= 4 is 23.1 Å². The van der Waals surface area contributed by atoms with Crippen LogP contribution in [-0.2, 0) is 6.18 Å². The van der Waals surface area contributed by atoms with Crippen LogP contribution in [0.25, 0.3) is 0 Å². The first-order chi connectivity index (χ1) is 12.8. The fourth-order valence-electron chi connectivity index (χ4n) is 2.19. The van der Waals surface area contributed by atoms with E-state index in [0.717, 1.165) is 25.0 Å². The Morgan fingerprint density at radius 2 is 1.89 bits per heavy atom. The number of unbranched alkanes of at least 4 members (excludes halogenated alkanes) is 1. The number of ketones is 1. The van der Waals surface area contributed by atoms with Crippen molar-refractivity contribution in [3.8, 4) is 5.75 Å². The van der Waals surface area contributed by atoms with Crippen molar-refractivity contribution in [2.45, 2.75) is 25.9 Å². The number of alkyl halides is 3. The first-order valence-corrected chi connectivity index (χ1v) is 8.76. The van der Waals surface area contributed by atoms with Crippen LogP contribution in [-0.4, -0.2) is 12.4 Å².